The van der Waals surface area contributed by atoms with Gasteiger partial charge in [0.15, 0.2) is 0 Å². The number of hydrogen-bond donors (Lipinski definition) is 1. The van der Waals surface area contributed by atoms with Crippen molar-refractivity contribution in [2.75, 3.05) is 18.0 Å². The first-order valence-corrected chi connectivity index (χ1v) is 14.4. The summed E-state index contributed by atoms with van der Waals surface area (Å²) >= 11 is 12.6. The summed E-state index contributed by atoms with van der Waals surface area (Å²) in [4.78, 5) is 24.7. The molecule has 0 radical (unpaired) electrons. The summed E-state index contributed by atoms with van der Waals surface area (Å²) in [5, 5.41) is 0.689. The zero-order valence-corrected chi connectivity index (χ0v) is 24.4. The molecule has 2 atom stereocenters. The lowest BCUT2D eigenvalue weighted by Gasteiger charge is -2.43. The lowest BCUT2D eigenvalue weighted by atomic mass is 9.83. The predicted octanol–water partition coefficient (Wildman–Crippen LogP) is 5.08. The largest absolute Gasteiger partial charge is 0.483 e. The van der Waals surface area contributed by atoms with Gasteiger partial charge in [0, 0.05) is 37.7 Å². The summed E-state index contributed by atoms with van der Waals surface area (Å²) in [6.07, 6.45) is 4.78. The molecule has 38 heavy (non-hydrogen) atoms. The standard InChI is InChI=1S/C27H31Cl2N5O3S/c1-16-24(31-17(2)34(25(16)35)20-8-6-7-19(28)22(20)29)33-13-10-27(11-14-33)23(32-38(36)26(3,4)5)18-9-12-30-15-21(18)37-27/h6-9,12,15,23,32H,10-11,13-14H2,1-5H3. The summed E-state index contributed by atoms with van der Waals surface area (Å²) in [5.74, 6) is 1.89. The molecule has 2 aliphatic heterocycles. The van der Waals surface area contributed by atoms with Crippen molar-refractivity contribution in [2.45, 2.75) is 63.9 Å². The number of halogens is 2. The number of piperidine rings is 1. The zero-order chi connectivity index (χ0) is 27.4. The van der Waals surface area contributed by atoms with Crippen molar-refractivity contribution in [2.24, 2.45) is 0 Å². The van der Waals surface area contributed by atoms with Gasteiger partial charge < -0.3 is 9.64 Å². The molecule has 1 fully saturated rings. The van der Waals surface area contributed by atoms with E-state index in [0.29, 0.717) is 58.9 Å². The van der Waals surface area contributed by atoms with Crippen LogP contribution < -0.4 is 19.9 Å². The van der Waals surface area contributed by atoms with Gasteiger partial charge in [0.25, 0.3) is 5.56 Å². The molecule has 0 saturated carbocycles. The van der Waals surface area contributed by atoms with Gasteiger partial charge in [-0.05, 0) is 52.8 Å². The SMILES string of the molecule is Cc1c(N2CCC3(CC2)Oc2cnccc2C3NS(=O)C(C)(C)C)nc(C)n(-c2cccc(Cl)c2Cl)c1=O. The minimum atomic E-state index is -1.28. The van der Waals surface area contributed by atoms with Gasteiger partial charge >= 0.3 is 0 Å². The van der Waals surface area contributed by atoms with Crippen LogP contribution in [0.25, 0.3) is 5.69 Å². The smallest absolute Gasteiger partial charge is 0.263 e. The minimum Gasteiger partial charge on any atom is -0.483 e. The summed E-state index contributed by atoms with van der Waals surface area (Å²) < 4.78 is 24.1. The van der Waals surface area contributed by atoms with Crippen LogP contribution in [0, 0.1) is 13.8 Å². The molecule has 0 amide bonds. The van der Waals surface area contributed by atoms with Crippen molar-refractivity contribution in [1.29, 1.82) is 0 Å². The molecule has 0 bridgehead atoms. The third-order valence-corrected chi connectivity index (χ3v) is 9.65. The second-order valence-corrected chi connectivity index (χ2v) is 13.6. The maximum Gasteiger partial charge on any atom is 0.263 e. The van der Waals surface area contributed by atoms with Gasteiger partial charge in [0.05, 0.1) is 49.3 Å². The first kappa shape index (κ1) is 27.1. The van der Waals surface area contributed by atoms with Gasteiger partial charge in [-0.1, -0.05) is 29.3 Å². The molecule has 1 N–H and O–H groups in total. The van der Waals surface area contributed by atoms with Crippen LogP contribution in [0.1, 0.15) is 56.6 Å². The number of benzene rings is 1. The lowest BCUT2D eigenvalue weighted by Crippen LogP contribution is -2.54. The number of hydrogen-bond acceptors (Lipinski definition) is 6. The number of nitrogens with zero attached hydrogens (tertiary/aromatic N) is 4. The summed E-state index contributed by atoms with van der Waals surface area (Å²) in [6.45, 7) is 10.7. The Morgan fingerprint density at radius 3 is 2.55 bits per heavy atom. The monoisotopic (exact) mass is 575 g/mol. The van der Waals surface area contributed by atoms with Crippen LogP contribution in [-0.2, 0) is 11.0 Å². The quantitative estimate of drug-likeness (QED) is 0.467. The van der Waals surface area contributed by atoms with Crippen LogP contribution in [0.4, 0.5) is 5.82 Å². The fourth-order valence-electron chi connectivity index (χ4n) is 5.17. The predicted molar refractivity (Wildman–Crippen MR) is 152 cm³/mol. The van der Waals surface area contributed by atoms with Crippen molar-refractivity contribution in [3.05, 3.63) is 74.0 Å². The Balaban J connectivity index is 1.44. The first-order valence-electron chi connectivity index (χ1n) is 12.5. The van der Waals surface area contributed by atoms with Crippen LogP contribution >= 0.6 is 23.2 Å². The van der Waals surface area contributed by atoms with Crippen LogP contribution in [0.2, 0.25) is 10.0 Å². The molecule has 4 heterocycles. The number of fused-ring (bicyclic) bond motifs is 1. The zero-order valence-electron chi connectivity index (χ0n) is 22.0. The maximum absolute atomic E-state index is 13.5. The van der Waals surface area contributed by atoms with Crippen LogP contribution in [-0.4, -0.2) is 42.2 Å². The van der Waals surface area contributed by atoms with Gasteiger partial charge in [-0.2, -0.15) is 0 Å². The Bertz CT molecular complexity index is 1480. The molecule has 5 rings (SSSR count). The fraction of sp³-hybridized carbons (Fsp3) is 0.444. The Morgan fingerprint density at radius 2 is 1.87 bits per heavy atom. The third kappa shape index (κ3) is 4.63. The lowest BCUT2D eigenvalue weighted by molar-refractivity contribution is 0.0381. The van der Waals surface area contributed by atoms with E-state index in [4.69, 9.17) is 32.9 Å². The summed E-state index contributed by atoms with van der Waals surface area (Å²) in [5.41, 5.74) is 1.25. The van der Waals surface area contributed by atoms with Crippen molar-refractivity contribution < 1.29 is 8.95 Å². The average Bonchev–Trinajstić information content (AvgIpc) is 3.16. The minimum absolute atomic E-state index is 0.187. The topological polar surface area (TPSA) is 89.3 Å². The molecule has 2 aromatic heterocycles. The molecule has 1 saturated heterocycles. The fourth-order valence-corrected chi connectivity index (χ4v) is 6.46. The van der Waals surface area contributed by atoms with E-state index in [0.717, 1.165) is 11.3 Å². The maximum atomic E-state index is 13.5. The highest BCUT2D eigenvalue weighted by molar-refractivity contribution is 7.84. The molecule has 3 aromatic rings. The van der Waals surface area contributed by atoms with Crippen molar-refractivity contribution in [1.82, 2.24) is 19.3 Å². The Kier molecular flexibility index (Phi) is 7.09. The van der Waals surface area contributed by atoms with Gasteiger partial charge in [0.2, 0.25) is 0 Å². The number of pyridine rings is 1. The molecule has 1 aromatic carbocycles. The number of nitrogens with one attached hydrogen (secondary N) is 1. The Morgan fingerprint density at radius 1 is 1.16 bits per heavy atom. The van der Waals surface area contributed by atoms with E-state index in [1.54, 1.807) is 44.4 Å². The number of anilines is 1. The van der Waals surface area contributed by atoms with Crippen LogP contribution in [0.3, 0.4) is 0 Å². The molecule has 0 aliphatic carbocycles. The van der Waals surface area contributed by atoms with Gasteiger partial charge in [-0.25, -0.2) is 13.9 Å². The average molecular weight is 577 g/mol. The van der Waals surface area contributed by atoms with E-state index in [9.17, 15) is 9.00 Å². The molecule has 202 valence electrons. The van der Waals surface area contributed by atoms with Crippen LogP contribution in [0.15, 0.2) is 41.5 Å². The van der Waals surface area contributed by atoms with E-state index in [1.165, 1.54) is 4.57 Å². The highest BCUT2D eigenvalue weighted by atomic mass is 35.5. The van der Waals surface area contributed by atoms with E-state index in [2.05, 4.69) is 14.6 Å². The van der Waals surface area contributed by atoms with E-state index >= 15 is 0 Å². The van der Waals surface area contributed by atoms with E-state index < -0.39 is 21.3 Å². The van der Waals surface area contributed by atoms with Crippen LogP contribution in [0.5, 0.6) is 5.75 Å². The molecule has 2 aliphatic rings. The summed E-state index contributed by atoms with van der Waals surface area (Å²) in [7, 11) is -1.28. The third-order valence-electron chi connectivity index (χ3n) is 7.28. The van der Waals surface area contributed by atoms with Crippen molar-refractivity contribution >= 4 is 40.0 Å². The molecule has 2 unspecified atom stereocenters. The Labute approximate surface area is 234 Å². The highest BCUT2D eigenvalue weighted by Crippen LogP contribution is 2.48. The number of aromatic nitrogens is 3. The number of aryl methyl sites for hydroxylation is 1. The molecular weight excluding hydrogens is 545 g/mol. The van der Waals surface area contributed by atoms with Gasteiger partial charge in [-0.3, -0.25) is 14.3 Å². The molecular formula is C27H31Cl2N5O3S. The molecule has 8 nitrogen and oxygen atoms in total. The second kappa shape index (κ2) is 9.93. The van der Waals surface area contributed by atoms with E-state index in [-0.39, 0.29) is 11.6 Å². The van der Waals surface area contributed by atoms with Crippen molar-refractivity contribution in [3.8, 4) is 11.4 Å². The summed E-state index contributed by atoms with van der Waals surface area (Å²) in [6, 6.07) is 6.90. The molecule has 11 heteroatoms. The highest BCUT2D eigenvalue weighted by Gasteiger charge is 2.51. The Hall–Kier alpha value is -2.46. The van der Waals surface area contributed by atoms with E-state index in [1.807, 2.05) is 26.8 Å². The van der Waals surface area contributed by atoms with Gasteiger partial charge in [-0.15, -0.1) is 0 Å². The van der Waals surface area contributed by atoms with Gasteiger partial charge in [0.1, 0.15) is 23.0 Å². The van der Waals surface area contributed by atoms with Crippen molar-refractivity contribution in [3.63, 3.8) is 0 Å². The normalized spacial score (nSPS) is 19.3. The number of ether oxygens (including phenoxy) is 1. The number of rotatable bonds is 4. The second-order valence-electron chi connectivity index (χ2n) is 10.8. The molecule has 1 spiro atoms. The first-order chi connectivity index (χ1) is 17.9.